The smallest absolute Gasteiger partial charge is 0.274 e. The van der Waals surface area contributed by atoms with Crippen molar-refractivity contribution in [1.82, 2.24) is 14.7 Å². The summed E-state index contributed by atoms with van der Waals surface area (Å²) in [4.78, 5) is 19.1. The third-order valence-electron chi connectivity index (χ3n) is 6.59. The van der Waals surface area contributed by atoms with Gasteiger partial charge in [-0.15, -0.1) is 11.8 Å². The van der Waals surface area contributed by atoms with Crippen LogP contribution in [0.3, 0.4) is 0 Å². The lowest BCUT2D eigenvalue weighted by Gasteiger charge is -2.37. The average Bonchev–Trinajstić information content (AvgIpc) is 3.12. The van der Waals surface area contributed by atoms with Crippen molar-refractivity contribution in [3.63, 3.8) is 0 Å². The van der Waals surface area contributed by atoms with Crippen LogP contribution in [0.5, 0.6) is 0 Å². The number of nitrogens with zero attached hydrogens (tertiary/aromatic N) is 4. The van der Waals surface area contributed by atoms with Crippen molar-refractivity contribution in [1.29, 1.82) is 0 Å². The Kier molecular flexibility index (Phi) is 5.05. The van der Waals surface area contributed by atoms with Crippen molar-refractivity contribution < 1.29 is 4.79 Å². The van der Waals surface area contributed by atoms with Crippen molar-refractivity contribution in [2.75, 3.05) is 31.1 Å². The number of carbonyl (C=O) groups excluding carboxylic acids is 1. The standard InChI is InChI=1S/C25H28N4OS/c1-16-8-9-22-19(14-16)24-20(15-31-22)23(26-27(24)4)25(30)29-12-10-28(11-13-29)21-7-5-6-17(2)18(21)3/h5-9,14H,10-13,15H2,1-4H3. The van der Waals surface area contributed by atoms with Gasteiger partial charge < -0.3 is 9.80 Å². The molecule has 0 saturated carbocycles. The van der Waals surface area contributed by atoms with E-state index in [1.807, 2.05) is 16.6 Å². The molecule has 1 saturated heterocycles. The third-order valence-corrected chi connectivity index (χ3v) is 7.69. The number of amides is 1. The van der Waals surface area contributed by atoms with E-state index in [1.165, 1.54) is 32.8 Å². The molecule has 2 aliphatic heterocycles. The monoisotopic (exact) mass is 432 g/mol. The number of fused-ring (bicyclic) bond motifs is 3. The fourth-order valence-electron chi connectivity index (χ4n) is 4.70. The van der Waals surface area contributed by atoms with Gasteiger partial charge in [0.05, 0.1) is 5.69 Å². The van der Waals surface area contributed by atoms with Crippen molar-refractivity contribution >= 4 is 23.4 Å². The van der Waals surface area contributed by atoms with E-state index < -0.39 is 0 Å². The highest BCUT2D eigenvalue weighted by molar-refractivity contribution is 7.98. The Labute approximate surface area is 188 Å². The molecule has 0 aliphatic carbocycles. The van der Waals surface area contributed by atoms with Crippen LogP contribution in [0.25, 0.3) is 11.3 Å². The van der Waals surface area contributed by atoms with Gasteiger partial charge in [-0.25, -0.2) is 0 Å². The average molecular weight is 433 g/mol. The quantitative estimate of drug-likeness (QED) is 0.594. The van der Waals surface area contributed by atoms with E-state index in [1.54, 1.807) is 11.8 Å². The van der Waals surface area contributed by atoms with Crippen LogP contribution >= 0.6 is 11.8 Å². The molecule has 2 aliphatic rings. The van der Waals surface area contributed by atoms with Crippen LogP contribution in [0.4, 0.5) is 5.69 Å². The second-order valence-electron chi connectivity index (χ2n) is 8.59. The SMILES string of the molecule is Cc1ccc2c(c1)-c1c(c(C(=O)N3CCN(c4cccc(C)c4C)CC3)nn1C)CS2. The first kappa shape index (κ1) is 20.2. The first-order valence-corrected chi connectivity index (χ1v) is 11.8. The summed E-state index contributed by atoms with van der Waals surface area (Å²) in [6.45, 7) is 9.58. The van der Waals surface area contributed by atoms with Gasteiger partial charge in [-0.2, -0.15) is 5.10 Å². The Morgan fingerprint density at radius 3 is 2.58 bits per heavy atom. The van der Waals surface area contributed by atoms with Crippen LogP contribution in [0.15, 0.2) is 41.3 Å². The second kappa shape index (κ2) is 7.75. The molecule has 3 heterocycles. The molecule has 0 N–H and O–H groups in total. The van der Waals surface area contributed by atoms with Gasteiger partial charge in [0.25, 0.3) is 5.91 Å². The topological polar surface area (TPSA) is 41.4 Å². The van der Waals surface area contributed by atoms with Gasteiger partial charge in [0.1, 0.15) is 0 Å². The normalized spacial score (nSPS) is 15.6. The van der Waals surface area contributed by atoms with Crippen LogP contribution in [0.1, 0.15) is 32.7 Å². The molecule has 0 radical (unpaired) electrons. The van der Waals surface area contributed by atoms with Gasteiger partial charge in [-0.1, -0.05) is 23.8 Å². The summed E-state index contributed by atoms with van der Waals surface area (Å²) in [6, 6.07) is 13.0. The number of hydrogen-bond donors (Lipinski definition) is 0. The Morgan fingerprint density at radius 1 is 1.03 bits per heavy atom. The predicted molar refractivity (Wildman–Crippen MR) is 127 cm³/mol. The minimum atomic E-state index is 0.0640. The zero-order valence-electron chi connectivity index (χ0n) is 18.6. The summed E-state index contributed by atoms with van der Waals surface area (Å²) >= 11 is 1.80. The summed E-state index contributed by atoms with van der Waals surface area (Å²) in [6.07, 6.45) is 0. The number of aromatic nitrogens is 2. The summed E-state index contributed by atoms with van der Waals surface area (Å²) in [5, 5.41) is 4.70. The summed E-state index contributed by atoms with van der Waals surface area (Å²) in [5.41, 5.74) is 9.13. The first-order chi connectivity index (χ1) is 14.9. The Bertz CT molecular complexity index is 1170. The van der Waals surface area contributed by atoms with Gasteiger partial charge in [0.15, 0.2) is 5.69 Å². The zero-order valence-corrected chi connectivity index (χ0v) is 19.4. The van der Waals surface area contributed by atoms with Gasteiger partial charge in [0.2, 0.25) is 0 Å². The van der Waals surface area contributed by atoms with Gasteiger partial charge in [-0.3, -0.25) is 9.48 Å². The molecule has 1 fully saturated rings. The van der Waals surface area contributed by atoms with Crippen LogP contribution in [0.2, 0.25) is 0 Å². The molecule has 6 heteroatoms. The molecule has 160 valence electrons. The van der Waals surface area contributed by atoms with Crippen molar-refractivity contribution in [3.05, 3.63) is 64.3 Å². The fraction of sp³-hybridized carbons (Fsp3) is 0.360. The molecule has 5 nitrogen and oxygen atoms in total. The number of carbonyl (C=O) groups is 1. The summed E-state index contributed by atoms with van der Waals surface area (Å²) in [7, 11) is 1.95. The number of piperazine rings is 1. The van der Waals surface area contributed by atoms with Crippen LogP contribution < -0.4 is 4.90 Å². The lowest BCUT2D eigenvalue weighted by molar-refractivity contribution is 0.0739. The third kappa shape index (κ3) is 3.43. The number of benzene rings is 2. The van der Waals surface area contributed by atoms with E-state index in [0.29, 0.717) is 5.69 Å². The van der Waals surface area contributed by atoms with E-state index >= 15 is 0 Å². The molecule has 0 unspecified atom stereocenters. The molecule has 0 atom stereocenters. The number of aryl methyl sites for hydroxylation is 3. The van der Waals surface area contributed by atoms with Gasteiger partial charge in [-0.05, 0) is 50.1 Å². The van der Waals surface area contributed by atoms with E-state index in [0.717, 1.165) is 43.2 Å². The summed E-state index contributed by atoms with van der Waals surface area (Å²) in [5.74, 6) is 0.858. The second-order valence-corrected chi connectivity index (χ2v) is 9.60. The van der Waals surface area contributed by atoms with Crippen LogP contribution in [-0.4, -0.2) is 46.8 Å². The highest BCUT2D eigenvalue weighted by Gasteiger charge is 2.31. The maximum atomic E-state index is 13.5. The molecule has 0 bridgehead atoms. The van der Waals surface area contributed by atoms with E-state index in [2.05, 4.69) is 62.1 Å². The van der Waals surface area contributed by atoms with E-state index in [-0.39, 0.29) is 5.91 Å². The van der Waals surface area contributed by atoms with Gasteiger partial charge >= 0.3 is 0 Å². The van der Waals surface area contributed by atoms with E-state index in [9.17, 15) is 4.79 Å². The molecule has 31 heavy (non-hydrogen) atoms. The predicted octanol–water partition coefficient (Wildman–Crippen LogP) is 4.58. The molecular weight excluding hydrogens is 404 g/mol. The van der Waals surface area contributed by atoms with Crippen molar-refractivity contribution in [3.8, 4) is 11.3 Å². The Morgan fingerprint density at radius 2 is 1.81 bits per heavy atom. The minimum Gasteiger partial charge on any atom is -0.368 e. The Balaban J connectivity index is 1.38. The van der Waals surface area contributed by atoms with Crippen LogP contribution in [0, 0.1) is 20.8 Å². The van der Waals surface area contributed by atoms with Gasteiger partial charge in [0, 0.05) is 60.7 Å². The molecule has 2 aromatic carbocycles. The van der Waals surface area contributed by atoms with Crippen molar-refractivity contribution in [2.24, 2.45) is 7.05 Å². The Hall–Kier alpha value is -2.73. The molecule has 0 spiro atoms. The number of hydrogen-bond acceptors (Lipinski definition) is 4. The number of anilines is 1. The largest absolute Gasteiger partial charge is 0.368 e. The molecule has 5 rings (SSSR count). The highest BCUT2D eigenvalue weighted by atomic mass is 32.2. The molecule has 1 aromatic heterocycles. The number of thioether (sulfide) groups is 1. The lowest BCUT2D eigenvalue weighted by Crippen LogP contribution is -2.49. The minimum absolute atomic E-state index is 0.0640. The number of rotatable bonds is 2. The molecular formula is C25H28N4OS. The summed E-state index contributed by atoms with van der Waals surface area (Å²) < 4.78 is 1.90. The van der Waals surface area contributed by atoms with Crippen LogP contribution in [-0.2, 0) is 12.8 Å². The molecule has 1 amide bonds. The highest BCUT2D eigenvalue weighted by Crippen LogP contribution is 2.43. The zero-order chi connectivity index (χ0) is 21.7. The molecule has 3 aromatic rings. The fourth-order valence-corrected chi connectivity index (χ4v) is 5.74. The van der Waals surface area contributed by atoms with Crippen molar-refractivity contribution in [2.45, 2.75) is 31.4 Å². The lowest BCUT2D eigenvalue weighted by atomic mass is 10.0. The first-order valence-electron chi connectivity index (χ1n) is 10.8. The maximum absolute atomic E-state index is 13.5. The van der Waals surface area contributed by atoms with E-state index in [4.69, 9.17) is 5.10 Å². The maximum Gasteiger partial charge on any atom is 0.274 e.